The van der Waals surface area contributed by atoms with Crippen LogP contribution in [-0.2, 0) is 28.8 Å². The van der Waals surface area contributed by atoms with Crippen LogP contribution >= 0.6 is 0 Å². The van der Waals surface area contributed by atoms with Crippen LogP contribution < -0.4 is 38.5 Å². The molecule has 17 heteroatoms. The zero-order valence-electron chi connectivity index (χ0n) is 21.5. The van der Waals surface area contributed by atoms with Crippen LogP contribution in [-0.4, -0.2) is 100 Å². The summed E-state index contributed by atoms with van der Waals surface area (Å²) in [5.74, 6) is -6.81. The summed E-state index contributed by atoms with van der Waals surface area (Å²) in [5.41, 5.74) is 16.0. The molecule has 0 aromatic rings. The minimum Gasteiger partial charge on any atom is -0.481 e. The zero-order valence-corrected chi connectivity index (χ0v) is 21.5. The molecular formula is C21H38N8O9. The summed E-state index contributed by atoms with van der Waals surface area (Å²) >= 11 is 0. The van der Waals surface area contributed by atoms with Gasteiger partial charge < -0.3 is 53.8 Å². The van der Waals surface area contributed by atoms with Gasteiger partial charge in [0, 0.05) is 6.54 Å². The maximum Gasteiger partial charge on any atom is 0.328 e. The normalized spacial score (nSPS) is 14.7. The van der Waals surface area contributed by atoms with Crippen molar-refractivity contribution < 1.29 is 44.1 Å². The third-order valence-electron chi connectivity index (χ3n) is 5.04. The van der Waals surface area contributed by atoms with Gasteiger partial charge in [-0.3, -0.25) is 29.0 Å². The van der Waals surface area contributed by atoms with Crippen molar-refractivity contribution in [3.63, 3.8) is 0 Å². The largest absolute Gasteiger partial charge is 0.481 e. The highest BCUT2D eigenvalue weighted by Gasteiger charge is 2.31. The Morgan fingerprint density at radius 3 is 1.95 bits per heavy atom. The molecule has 0 aliphatic carbocycles. The smallest absolute Gasteiger partial charge is 0.328 e. The molecule has 0 aliphatic heterocycles. The van der Waals surface area contributed by atoms with Crippen molar-refractivity contribution in [2.45, 2.75) is 70.3 Å². The number of carboxylic acid groups (broad SMARTS) is 2. The van der Waals surface area contributed by atoms with Gasteiger partial charge in [-0.2, -0.15) is 0 Å². The Bertz CT molecular complexity index is 890. The van der Waals surface area contributed by atoms with Crippen molar-refractivity contribution in [1.29, 1.82) is 0 Å². The molecule has 0 heterocycles. The van der Waals surface area contributed by atoms with Crippen LogP contribution in [0.5, 0.6) is 0 Å². The van der Waals surface area contributed by atoms with Gasteiger partial charge >= 0.3 is 11.9 Å². The van der Waals surface area contributed by atoms with E-state index in [0.717, 1.165) is 0 Å². The average Bonchev–Trinajstić information content (AvgIpc) is 2.79. The maximum absolute atomic E-state index is 12.7. The van der Waals surface area contributed by atoms with Gasteiger partial charge in [-0.15, -0.1) is 0 Å². The van der Waals surface area contributed by atoms with E-state index in [1.165, 1.54) is 6.92 Å². The van der Waals surface area contributed by atoms with Gasteiger partial charge in [-0.25, -0.2) is 4.79 Å². The lowest BCUT2D eigenvalue weighted by Gasteiger charge is -2.25. The SMILES string of the molecule is CC(C)[C@H](NC(=O)CNC(=O)[C@H](CCCN=C(N)N)NC(=O)[C@@H](N)CC(=O)O)C(=O)N[C@H](C(=O)O)[C@@H](C)O. The molecule has 0 bridgehead atoms. The number of carboxylic acids is 2. The van der Waals surface area contributed by atoms with E-state index in [2.05, 4.69) is 26.3 Å². The number of nitrogens with one attached hydrogen (secondary N) is 4. The maximum atomic E-state index is 12.7. The second kappa shape index (κ2) is 16.7. The van der Waals surface area contributed by atoms with Crippen LogP contribution in [0, 0.1) is 5.92 Å². The summed E-state index contributed by atoms with van der Waals surface area (Å²) in [4.78, 5) is 75.7. The number of carbonyl (C=O) groups is 6. The number of amides is 4. The quantitative estimate of drug-likeness (QED) is 0.0469. The molecule has 17 nitrogen and oxygen atoms in total. The lowest BCUT2D eigenvalue weighted by molar-refractivity contribution is -0.145. The molecule has 0 radical (unpaired) electrons. The van der Waals surface area contributed by atoms with Gasteiger partial charge in [0.1, 0.15) is 12.1 Å². The van der Waals surface area contributed by atoms with E-state index in [0.29, 0.717) is 0 Å². The van der Waals surface area contributed by atoms with E-state index in [-0.39, 0.29) is 25.3 Å². The summed E-state index contributed by atoms with van der Waals surface area (Å²) in [7, 11) is 0. The first kappa shape index (κ1) is 34.0. The van der Waals surface area contributed by atoms with E-state index < -0.39 is 84.7 Å². The molecule has 5 atom stereocenters. The topological polar surface area (TPSA) is 302 Å². The second-order valence-corrected chi connectivity index (χ2v) is 8.79. The highest BCUT2D eigenvalue weighted by atomic mass is 16.4. The molecular weight excluding hydrogens is 508 g/mol. The number of aliphatic imine (C=N–C) groups is 1. The third-order valence-corrected chi connectivity index (χ3v) is 5.04. The molecule has 0 aliphatic rings. The van der Waals surface area contributed by atoms with Crippen LogP contribution in [0.25, 0.3) is 0 Å². The number of aliphatic hydroxyl groups excluding tert-OH is 1. The fourth-order valence-corrected chi connectivity index (χ4v) is 3.01. The van der Waals surface area contributed by atoms with Gasteiger partial charge in [0.15, 0.2) is 12.0 Å². The number of rotatable bonds is 17. The predicted octanol–water partition coefficient (Wildman–Crippen LogP) is -4.47. The summed E-state index contributed by atoms with van der Waals surface area (Å²) in [6.07, 6.45) is -1.82. The molecule has 13 N–H and O–H groups in total. The van der Waals surface area contributed by atoms with Crippen molar-refractivity contribution in [2.75, 3.05) is 13.1 Å². The summed E-state index contributed by atoms with van der Waals surface area (Å²) in [5, 5.41) is 36.7. The Labute approximate surface area is 219 Å². The first-order valence-electron chi connectivity index (χ1n) is 11.7. The Balaban J connectivity index is 5.26. The van der Waals surface area contributed by atoms with Crippen molar-refractivity contribution in [3.8, 4) is 0 Å². The molecule has 0 aromatic heterocycles. The number of aliphatic carboxylic acids is 2. The Hall–Kier alpha value is -3.99. The van der Waals surface area contributed by atoms with E-state index in [4.69, 9.17) is 27.4 Å². The number of hydrogen-bond acceptors (Lipinski definition) is 9. The summed E-state index contributed by atoms with van der Waals surface area (Å²) in [6, 6.07) is -5.43. The lowest BCUT2D eigenvalue weighted by atomic mass is 10.0. The Morgan fingerprint density at radius 1 is 0.868 bits per heavy atom. The molecule has 0 fully saturated rings. The fraction of sp³-hybridized carbons (Fsp3) is 0.667. The third kappa shape index (κ3) is 13.4. The second-order valence-electron chi connectivity index (χ2n) is 8.79. The number of carbonyl (C=O) groups excluding carboxylic acids is 4. The zero-order chi connectivity index (χ0) is 29.6. The van der Waals surface area contributed by atoms with Crippen molar-refractivity contribution >= 4 is 41.5 Å². The van der Waals surface area contributed by atoms with Gasteiger partial charge in [-0.1, -0.05) is 13.8 Å². The van der Waals surface area contributed by atoms with Gasteiger partial charge in [0.25, 0.3) is 0 Å². The molecule has 4 amide bonds. The van der Waals surface area contributed by atoms with Crippen molar-refractivity contribution in [2.24, 2.45) is 28.1 Å². The minimum atomic E-state index is -1.60. The molecule has 38 heavy (non-hydrogen) atoms. The van der Waals surface area contributed by atoms with E-state index in [9.17, 15) is 33.9 Å². The van der Waals surface area contributed by atoms with Gasteiger partial charge in [-0.05, 0) is 25.7 Å². The average molecular weight is 547 g/mol. The van der Waals surface area contributed by atoms with E-state index in [1.54, 1.807) is 13.8 Å². The molecule has 0 saturated carbocycles. The molecule has 0 saturated heterocycles. The molecule has 0 rings (SSSR count). The van der Waals surface area contributed by atoms with Gasteiger partial charge in [0.05, 0.1) is 25.1 Å². The first-order valence-corrected chi connectivity index (χ1v) is 11.7. The molecule has 0 unspecified atom stereocenters. The number of nitrogens with two attached hydrogens (primary N) is 3. The van der Waals surface area contributed by atoms with E-state index in [1.807, 2.05) is 0 Å². The monoisotopic (exact) mass is 546 g/mol. The highest BCUT2D eigenvalue weighted by Crippen LogP contribution is 2.04. The van der Waals surface area contributed by atoms with Crippen LogP contribution in [0.3, 0.4) is 0 Å². The molecule has 0 spiro atoms. The standard InChI is InChI=1S/C21H38N8O9/c1-9(2)15(19(36)29-16(10(3)30)20(37)38)28-13(31)8-26-18(35)12(5-4-6-25-21(23)24)27-17(34)11(22)7-14(32)33/h9-12,15-16,30H,4-8,22H2,1-3H3,(H,26,35)(H,27,34)(H,28,31)(H,29,36)(H,32,33)(H,37,38)(H4,23,24,25)/t10-,11+,12+,15+,16+/m1/s1. The van der Waals surface area contributed by atoms with Gasteiger partial charge in [0.2, 0.25) is 23.6 Å². The van der Waals surface area contributed by atoms with Crippen LogP contribution in [0.15, 0.2) is 4.99 Å². The van der Waals surface area contributed by atoms with Crippen molar-refractivity contribution in [3.05, 3.63) is 0 Å². The minimum absolute atomic E-state index is 0.0166. The van der Waals surface area contributed by atoms with E-state index >= 15 is 0 Å². The van der Waals surface area contributed by atoms with Crippen molar-refractivity contribution in [1.82, 2.24) is 21.3 Å². The number of nitrogens with zero attached hydrogens (tertiary/aromatic N) is 1. The van der Waals surface area contributed by atoms with Crippen LogP contribution in [0.2, 0.25) is 0 Å². The first-order chi connectivity index (χ1) is 17.6. The van der Waals surface area contributed by atoms with Crippen LogP contribution in [0.1, 0.15) is 40.0 Å². The molecule has 216 valence electrons. The highest BCUT2D eigenvalue weighted by molar-refractivity contribution is 5.94. The fourth-order valence-electron chi connectivity index (χ4n) is 3.01. The summed E-state index contributed by atoms with van der Waals surface area (Å²) in [6.45, 7) is 3.86. The van der Waals surface area contributed by atoms with Crippen LogP contribution in [0.4, 0.5) is 0 Å². The Kier molecular flexibility index (Phi) is 14.9. The number of aliphatic hydroxyl groups is 1. The predicted molar refractivity (Wildman–Crippen MR) is 133 cm³/mol. The summed E-state index contributed by atoms with van der Waals surface area (Å²) < 4.78 is 0. The number of hydrogen-bond donors (Lipinski definition) is 10. The lowest BCUT2D eigenvalue weighted by Crippen LogP contribution is -2.57. The number of guanidine groups is 1. The Morgan fingerprint density at radius 2 is 1.47 bits per heavy atom. The molecule has 0 aromatic carbocycles.